The van der Waals surface area contributed by atoms with Crippen LogP contribution in [0.25, 0.3) is 11.0 Å². The Morgan fingerprint density at radius 3 is 2.83 bits per heavy atom. The molecule has 0 aromatic carbocycles. The number of nitrogens with one attached hydrogen (secondary N) is 2. The van der Waals surface area contributed by atoms with Gasteiger partial charge in [-0.15, -0.1) is 0 Å². The van der Waals surface area contributed by atoms with E-state index in [0.717, 1.165) is 9.86 Å². The molecule has 0 aliphatic heterocycles. The Balaban J connectivity index is 2.15. The highest BCUT2D eigenvalue weighted by Crippen LogP contribution is 2.23. The van der Waals surface area contributed by atoms with Crippen LogP contribution >= 0.6 is 15.9 Å². The van der Waals surface area contributed by atoms with E-state index in [1.54, 1.807) is 12.3 Å². The molecule has 6 heteroatoms. The third kappa shape index (κ3) is 3.01. The molecule has 0 saturated heterocycles. The summed E-state index contributed by atoms with van der Waals surface area (Å²) in [6, 6.07) is 3.60. The van der Waals surface area contributed by atoms with E-state index in [4.69, 9.17) is 4.74 Å². The smallest absolute Gasteiger partial charge is 0.413 e. The normalized spacial score (nSPS) is 11.6. The maximum Gasteiger partial charge on any atom is 0.413 e. The van der Waals surface area contributed by atoms with Gasteiger partial charge in [-0.05, 0) is 48.8 Å². The molecule has 0 saturated carbocycles. The molecule has 1 amide bonds. The lowest BCUT2D eigenvalue weighted by atomic mass is 10.2. The Morgan fingerprint density at radius 2 is 2.17 bits per heavy atom. The van der Waals surface area contributed by atoms with Crippen LogP contribution < -0.4 is 5.32 Å². The van der Waals surface area contributed by atoms with E-state index >= 15 is 0 Å². The Kier molecular flexibility index (Phi) is 3.30. The van der Waals surface area contributed by atoms with E-state index in [0.29, 0.717) is 11.5 Å². The number of amides is 1. The number of aromatic nitrogens is 2. The number of hydrogen-bond donors (Lipinski definition) is 2. The van der Waals surface area contributed by atoms with Crippen LogP contribution in [0, 0.1) is 0 Å². The van der Waals surface area contributed by atoms with Crippen LogP contribution in [0.15, 0.2) is 22.8 Å². The Bertz CT molecular complexity index is 587. The number of rotatable bonds is 1. The van der Waals surface area contributed by atoms with Crippen LogP contribution in [-0.2, 0) is 4.74 Å². The molecule has 2 aromatic heterocycles. The quantitative estimate of drug-likeness (QED) is 0.844. The van der Waals surface area contributed by atoms with Gasteiger partial charge in [-0.1, -0.05) is 0 Å². The molecule has 2 heterocycles. The van der Waals surface area contributed by atoms with Crippen molar-refractivity contribution in [1.82, 2.24) is 9.97 Å². The first-order valence-electron chi connectivity index (χ1n) is 5.49. The van der Waals surface area contributed by atoms with E-state index in [9.17, 15) is 4.79 Å². The minimum absolute atomic E-state index is 0.450. The van der Waals surface area contributed by atoms with Crippen LogP contribution in [0.4, 0.5) is 10.6 Å². The lowest BCUT2D eigenvalue weighted by Gasteiger charge is -2.19. The minimum atomic E-state index is -0.524. The van der Waals surface area contributed by atoms with Gasteiger partial charge in [-0.3, -0.25) is 5.32 Å². The summed E-state index contributed by atoms with van der Waals surface area (Å²) >= 11 is 3.40. The molecular weight excluding hydrogens is 298 g/mol. The number of anilines is 1. The first kappa shape index (κ1) is 12.9. The molecule has 5 nitrogen and oxygen atoms in total. The second-order valence-corrected chi connectivity index (χ2v) is 5.71. The number of ether oxygens (including phenoxy) is 1. The summed E-state index contributed by atoms with van der Waals surface area (Å²) in [5.41, 5.74) is 0.180. The lowest BCUT2D eigenvalue weighted by Crippen LogP contribution is -2.27. The van der Waals surface area contributed by atoms with Gasteiger partial charge in [0, 0.05) is 16.1 Å². The molecule has 0 atom stereocenters. The molecule has 2 aromatic rings. The zero-order valence-electron chi connectivity index (χ0n) is 10.4. The van der Waals surface area contributed by atoms with Gasteiger partial charge < -0.3 is 9.72 Å². The number of aromatic amines is 1. The molecule has 18 heavy (non-hydrogen) atoms. The van der Waals surface area contributed by atoms with Gasteiger partial charge >= 0.3 is 6.09 Å². The van der Waals surface area contributed by atoms with E-state index in [-0.39, 0.29) is 0 Å². The van der Waals surface area contributed by atoms with Gasteiger partial charge in [0.1, 0.15) is 17.1 Å². The summed E-state index contributed by atoms with van der Waals surface area (Å²) < 4.78 is 6.09. The van der Waals surface area contributed by atoms with E-state index in [1.165, 1.54) is 0 Å². The first-order valence-corrected chi connectivity index (χ1v) is 6.28. The monoisotopic (exact) mass is 311 g/mol. The lowest BCUT2D eigenvalue weighted by molar-refractivity contribution is 0.0635. The van der Waals surface area contributed by atoms with Crippen molar-refractivity contribution in [1.29, 1.82) is 0 Å². The molecule has 0 radical (unpaired) electrons. The third-order valence-corrected chi connectivity index (χ3v) is 2.77. The SMILES string of the molecule is CC(C)(C)OC(=O)Nc1ccc2c(Br)c[nH]c2n1. The highest BCUT2D eigenvalue weighted by Gasteiger charge is 2.16. The molecule has 0 spiro atoms. The summed E-state index contributed by atoms with van der Waals surface area (Å²) in [4.78, 5) is 18.8. The molecule has 0 unspecified atom stereocenters. The number of hydrogen-bond acceptors (Lipinski definition) is 3. The molecule has 0 aliphatic rings. The third-order valence-electron chi connectivity index (χ3n) is 2.12. The van der Waals surface area contributed by atoms with Crippen molar-refractivity contribution < 1.29 is 9.53 Å². The van der Waals surface area contributed by atoms with Crippen molar-refractivity contribution in [3.63, 3.8) is 0 Å². The Hall–Kier alpha value is -1.56. The van der Waals surface area contributed by atoms with Crippen molar-refractivity contribution in [3.05, 3.63) is 22.8 Å². The zero-order valence-corrected chi connectivity index (χ0v) is 12.0. The van der Waals surface area contributed by atoms with Gasteiger partial charge in [0.15, 0.2) is 0 Å². The fourth-order valence-electron chi connectivity index (χ4n) is 1.45. The number of halogens is 1. The van der Waals surface area contributed by atoms with Gasteiger partial charge in [0.25, 0.3) is 0 Å². The standard InChI is InChI=1S/C12H14BrN3O2/c1-12(2,3)18-11(17)16-9-5-4-7-8(13)6-14-10(7)15-9/h4-6H,1-3H3,(H2,14,15,16,17). The first-order chi connectivity index (χ1) is 8.35. The second kappa shape index (κ2) is 4.61. The average Bonchev–Trinajstić information content (AvgIpc) is 2.57. The summed E-state index contributed by atoms with van der Waals surface area (Å²) in [5, 5.41) is 3.56. The van der Waals surface area contributed by atoms with Crippen LogP contribution in [0.3, 0.4) is 0 Å². The largest absolute Gasteiger partial charge is 0.444 e. The molecular formula is C12H14BrN3O2. The average molecular weight is 312 g/mol. The van der Waals surface area contributed by atoms with Crippen LogP contribution in [0.1, 0.15) is 20.8 Å². The number of fused-ring (bicyclic) bond motifs is 1. The number of pyridine rings is 1. The Morgan fingerprint density at radius 1 is 1.44 bits per heavy atom. The number of carbonyl (C=O) groups is 1. The predicted octanol–water partition coefficient (Wildman–Crippen LogP) is 3.67. The van der Waals surface area contributed by atoms with E-state index < -0.39 is 11.7 Å². The van der Waals surface area contributed by atoms with Gasteiger partial charge in [0.05, 0.1) is 0 Å². The molecule has 0 aliphatic carbocycles. The van der Waals surface area contributed by atoms with Crippen LogP contribution in [0.2, 0.25) is 0 Å². The minimum Gasteiger partial charge on any atom is -0.444 e. The molecule has 0 fully saturated rings. The van der Waals surface area contributed by atoms with Crippen LogP contribution in [0.5, 0.6) is 0 Å². The summed E-state index contributed by atoms with van der Waals surface area (Å²) in [5.74, 6) is 0.450. The molecule has 2 rings (SSSR count). The fraction of sp³-hybridized carbons (Fsp3) is 0.333. The van der Waals surface area contributed by atoms with E-state index in [2.05, 4.69) is 31.2 Å². The number of H-pyrrole nitrogens is 1. The summed E-state index contributed by atoms with van der Waals surface area (Å²) in [6.07, 6.45) is 1.29. The fourth-order valence-corrected chi connectivity index (χ4v) is 1.88. The highest BCUT2D eigenvalue weighted by atomic mass is 79.9. The Labute approximate surface area is 113 Å². The maximum absolute atomic E-state index is 11.6. The molecule has 2 N–H and O–H groups in total. The van der Waals surface area contributed by atoms with Crippen molar-refractivity contribution in [2.75, 3.05) is 5.32 Å². The second-order valence-electron chi connectivity index (χ2n) is 4.86. The highest BCUT2D eigenvalue weighted by molar-refractivity contribution is 9.10. The number of nitrogens with zero attached hydrogens (tertiary/aromatic N) is 1. The van der Waals surface area contributed by atoms with Gasteiger partial charge in [-0.25, -0.2) is 9.78 Å². The zero-order chi connectivity index (χ0) is 13.3. The van der Waals surface area contributed by atoms with E-state index in [1.807, 2.05) is 26.8 Å². The summed E-state index contributed by atoms with van der Waals surface area (Å²) in [7, 11) is 0. The summed E-state index contributed by atoms with van der Waals surface area (Å²) in [6.45, 7) is 5.43. The number of carbonyl (C=O) groups excluding carboxylic acids is 1. The predicted molar refractivity (Wildman–Crippen MR) is 73.7 cm³/mol. The van der Waals surface area contributed by atoms with Crippen LogP contribution in [-0.4, -0.2) is 21.7 Å². The topological polar surface area (TPSA) is 67.0 Å². The van der Waals surface area contributed by atoms with Crippen molar-refractivity contribution in [2.45, 2.75) is 26.4 Å². The van der Waals surface area contributed by atoms with Gasteiger partial charge in [0.2, 0.25) is 0 Å². The molecule has 96 valence electrons. The van der Waals surface area contributed by atoms with Gasteiger partial charge in [-0.2, -0.15) is 0 Å². The van der Waals surface area contributed by atoms with Crippen molar-refractivity contribution in [3.8, 4) is 0 Å². The van der Waals surface area contributed by atoms with Crippen molar-refractivity contribution >= 4 is 38.9 Å². The maximum atomic E-state index is 11.6. The molecule has 0 bridgehead atoms. The van der Waals surface area contributed by atoms with Crippen molar-refractivity contribution in [2.24, 2.45) is 0 Å².